The molecule has 1 N–H and O–H groups in total. The number of ether oxygens (including phenoxy) is 1. The molecule has 0 saturated carbocycles. The second-order valence-corrected chi connectivity index (χ2v) is 4.09. The summed E-state index contributed by atoms with van der Waals surface area (Å²) in [5.74, 6) is -0.155. The Hall–Kier alpha value is -3.17. The molecule has 0 saturated heterocycles. The largest absolute Gasteiger partial charge is 0.449 e. The van der Waals surface area contributed by atoms with Gasteiger partial charge in [0, 0.05) is 18.8 Å². The number of hydrazone groups is 1. The molecule has 0 bridgehead atoms. The predicted molar refractivity (Wildman–Crippen MR) is 75.3 cm³/mol. The first-order valence-electron chi connectivity index (χ1n) is 6.25. The van der Waals surface area contributed by atoms with E-state index in [4.69, 9.17) is 4.42 Å². The number of nitro groups is 1. The summed E-state index contributed by atoms with van der Waals surface area (Å²) in [7, 11) is 1.68. The van der Waals surface area contributed by atoms with Crippen molar-refractivity contribution < 1.29 is 18.9 Å². The Morgan fingerprint density at radius 2 is 2.41 bits per heavy atom. The van der Waals surface area contributed by atoms with Crippen molar-refractivity contribution in [3.05, 3.63) is 34.0 Å². The highest BCUT2D eigenvalue weighted by Gasteiger charge is 2.17. The topological polar surface area (TPSA) is 125 Å². The molecule has 10 nitrogen and oxygen atoms in total. The van der Waals surface area contributed by atoms with Crippen LogP contribution in [0.3, 0.4) is 0 Å². The van der Waals surface area contributed by atoms with Crippen molar-refractivity contribution in [1.82, 2.24) is 15.2 Å². The minimum Gasteiger partial charge on any atom is -0.449 e. The fourth-order valence-corrected chi connectivity index (χ4v) is 1.66. The van der Waals surface area contributed by atoms with Crippen LogP contribution in [0.2, 0.25) is 0 Å². The van der Waals surface area contributed by atoms with Crippen molar-refractivity contribution in [3.63, 3.8) is 0 Å². The maximum absolute atomic E-state index is 11.1. The number of nitrogens with zero attached hydrogens (tertiary/aromatic N) is 4. The Morgan fingerprint density at radius 3 is 3.05 bits per heavy atom. The van der Waals surface area contributed by atoms with Gasteiger partial charge in [-0.3, -0.25) is 14.8 Å². The van der Waals surface area contributed by atoms with Crippen LogP contribution < -0.4 is 5.43 Å². The quantitative estimate of drug-likeness (QED) is 0.509. The van der Waals surface area contributed by atoms with Crippen molar-refractivity contribution in [2.75, 3.05) is 6.61 Å². The lowest BCUT2D eigenvalue weighted by molar-refractivity contribution is -0.401. The Morgan fingerprint density at radius 1 is 1.64 bits per heavy atom. The summed E-state index contributed by atoms with van der Waals surface area (Å²) in [5.41, 5.74) is 3.06. The molecule has 10 heteroatoms. The minimum absolute atomic E-state index is 0.227. The molecule has 0 aliphatic carbocycles. The number of carbonyl (C=O) groups excluding carboxylic acids is 1. The van der Waals surface area contributed by atoms with Crippen molar-refractivity contribution in [1.29, 1.82) is 0 Å². The standard InChI is InChI=1S/C12H13N5O5/c1-3-21-12(18)14-13-6-8-7-16(2)15-11(8)9-4-5-10(22-9)17(19)20/h4-7H,3H2,1-2H3,(H,14,18)/b13-6+. The number of aryl methyl sites for hydroxylation is 1. The highest BCUT2D eigenvalue weighted by Crippen LogP contribution is 2.26. The van der Waals surface area contributed by atoms with Crippen LogP contribution in [0.4, 0.5) is 10.7 Å². The summed E-state index contributed by atoms with van der Waals surface area (Å²) < 4.78 is 11.2. The third-order valence-electron chi connectivity index (χ3n) is 2.50. The van der Waals surface area contributed by atoms with Gasteiger partial charge >= 0.3 is 12.0 Å². The maximum Gasteiger partial charge on any atom is 0.433 e. The maximum atomic E-state index is 11.1. The van der Waals surface area contributed by atoms with Gasteiger partial charge in [-0.2, -0.15) is 10.2 Å². The van der Waals surface area contributed by atoms with Gasteiger partial charge in [0.15, 0.2) is 5.76 Å². The van der Waals surface area contributed by atoms with E-state index in [2.05, 4.69) is 20.4 Å². The molecule has 0 radical (unpaired) electrons. The zero-order valence-corrected chi connectivity index (χ0v) is 11.8. The van der Waals surface area contributed by atoms with Gasteiger partial charge in [-0.1, -0.05) is 0 Å². The van der Waals surface area contributed by atoms with Crippen LogP contribution in [-0.4, -0.2) is 33.6 Å². The lowest BCUT2D eigenvalue weighted by atomic mass is 10.2. The molecular formula is C12H13N5O5. The molecule has 2 aromatic heterocycles. The van der Waals surface area contributed by atoms with E-state index in [1.165, 1.54) is 23.0 Å². The van der Waals surface area contributed by atoms with Gasteiger partial charge in [0.25, 0.3) is 0 Å². The third kappa shape index (κ3) is 3.48. The summed E-state index contributed by atoms with van der Waals surface area (Å²) in [4.78, 5) is 21.1. The Balaban J connectivity index is 2.20. The van der Waals surface area contributed by atoms with E-state index in [1.54, 1.807) is 20.2 Å². The van der Waals surface area contributed by atoms with Crippen LogP contribution >= 0.6 is 0 Å². The molecule has 0 aromatic carbocycles. The molecule has 0 atom stereocenters. The monoisotopic (exact) mass is 307 g/mol. The Labute approximate surface area is 124 Å². The van der Waals surface area contributed by atoms with Crippen molar-refractivity contribution >= 4 is 18.2 Å². The molecule has 22 heavy (non-hydrogen) atoms. The summed E-state index contributed by atoms with van der Waals surface area (Å²) in [6.45, 7) is 1.90. The van der Waals surface area contributed by atoms with Gasteiger partial charge in [0.2, 0.25) is 0 Å². The minimum atomic E-state index is -0.683. The second kappa shape index (κ2) is 6.52. The fourth-order valence-electron chi connectivity index (χ4n) is 1.66. The number of hydrogen-bond donors (Lipinski definition) is 1. The van der Waals surface area contributed by atoms with E-state index in [9.17, 15) is 14.9 Å². The fraction of sp³-hybridized carbons (Fsp3) is 0.250. The normalized spacial score (nSPS) is 10.8. The molecule has 0 unspecified atom stereocenters. The molecule has 0 fully saturated rings. The SMILES string of the molecule is CCOC(=O)N/N=C/c1cn(C)nc1-c1ccc([N+](=O)[O-])o1. The average molecular weight is 307 g/mol. The second-order valence-electron chi connectivity index (χ2n) is 4.09. The number of aromatic nitrogens is 2. The lowest BCUT2D eigenvalue weighted by Crippen LogP contribution is -2.18. The van der Waals surface area contributed by atoms with Crippen LogP contribution in [0.25, 0.3) is 11.5 Å². The molecule has 0 aliphatic heterocycles. The van der Waals surface area contributed by atoms with Gasteiger partial charge in [-0.15, -0.1) is 0 Å². The predicted octanol–water partition coefficient (Wildman–Crippen LogP) is 1.67. The molecule has 116 valence electrons. The summed E-state index contributed by atoms with van der Waals surface area (Å²) in [6.07, 6.45) is 2.28. The van der Waals surface area contributed by atoms with Crippen LogP contribution in [0.15, 0.2) is 27.8 Å². The van der Waals surface area contributed by atoms with E-state index in [0.29, 0.717) is 11.3 Å². The van der Waals surface area contributed by atoms with Crippen molar-refractivity contribution in [2.24, 2.45) is 12.1 Å². The van der Waals surface area contributed by atoms with Gasteiger partial charge in [0.05, 0.1) is 18.9 Å². The zero-order valence-electron chi connectivity index (χ0n) is 11.8. The molecule has 2 aromatic rings. The number of rotatable bonds is 5. The molecular weight excluding hydrogens is 294 g/mol. The van der Waals surface area contributed by atoms with Crippen LogP contribution in [-0.2, 0) is 11.8 Å². The average Bonchev–Trinajstić information content (AvgIpc) is 3.05. The molecule has 0 aliphatic rings. The van der Waals surface area contributed by atoms with E-state index < -0.39 is 11.0 Å². The van der Waals surface area contributed by atoms with Crippen LogP contribution in [0.5, 0.6) is 0 Å². The van der Waals surface area contributed by atoms with E-state index in [-0.39, 0.29) is 18.3 Å². The molecule has 2 heterocycles. The smallest absolute Gasteiger partial charge is 0.433 e. The number of nitrogens with one attached hydrogen (secondary N) is 1. The van der Waals surface area contributed by atoms with E-state index in [1.807, 2.05) is 0 Å². The van der Waals surface area contributed by atoms with E-state index in [0.717, 1.165) is 0 Å². The lowest BCUT2D eigenvalue weighted by Gasteiger charge is -1.98. The number of carbonyl (C=O) groups is 1. The van der Waals surface area contributed by atoms with Crippen LogP contribution in [0.1, 0.15) is 12.5 Å². The van der Waals surface area contributed by atoms with Crippen molar-refractivity contribution in [2.45, 2.75) is 6.92 Å². The first-order valence-corrected chi connectivity index (χ1v) is 6.25. The highest BCUT2D eigenvalue weighted by molar-refractivity contribution is 5.88. The van der Waals surface area contributed by atoms with E-state index >= 15 is 0 Å². The molecule has 1 amide bonds. The summed E-state index contributed by atoms with van der Waals surface area (Å²) in [5, 5.41) is 18.5. The number of amides is 1. The summed E-state index contributed by atoms with van der Waals surface area (Å²) >= 11 is 0. The highest BCUT2D eigenvalue weighted by atomic mass is 16.6. The Bertz CT molecular complexity index is 717. The third-order valence-corrected chi connectivity index (χ3v) is 2.50. The van der Waals surface area contributed by atoms with Crippen LogP contribution in [0, 0.1) is 10.1 Å². The van der Waals surface area contributed by atoms with Crippen molar-refractivity contribution in [3.8, 4) is 11.5 Å². The first kappa shape index (κ1) is 15.2. The van der Waals surface area contributed by atoms with Gasteiger partial charge in [-0.25, -0.2) is 10.2 Å². The zero-order chi connectivity index (χ0) is 16.1. The first-order chi connectivity index (χ1) is 10.5. The number of hydrogen-bond acceptors (Lipinski definition) is 7. The van der Waals surface area contributed by atoms with Gasteiger partial charge < -0.3 is 9.15 Å². The Kier molecular flexibility index (Phi) is 4.51. The molecule has 2 rings (SSSR count). The summed E-state index contributed by atoms with van der Waals surface area (Å²) in [6, 6.07) is 2.68. The van der Waals surface area contributed by atoms with Gasteiger partial charge in [0.1, 0.15) is 10.6 Å². The number of furan rings is 1. The molecule has 0 spiro atoms. The van der Waals surface area contributed by atoms with Gasteiger partial charge in [-0.05, 0) is 13.0 Å².